The molecule has 0 saturated heterocycles. The molecule has 4 nitrogen and oxygen atoms in total. The van der Waals surface area contributed by atoms with E-state index in [-0.39, 0.29) is 18.0 Å². The fraction of sp³-hybridized carbons (Fsp3) is 0.304. The summed E-state index contributed by atoms with van der Waals surface area (Å²) in [5.41, 5.74) is 3.63. The molecule has 27 heavy (non-hydrogen) atoms. The van der Waals surface area contributed by atoms with Gasteiger partial charge in [0.1, 0.15) is 11.3 Å². The Morgan fingerprint density at radius 1 is 1.07 bits per heavy atom. The van der Waals surface area contributed by atoms with E-state index in [1.54, 1.807) is 18.2 Å². The van der Waals surface area contributed by atoms with E-state index < -0.39 is 0 Å². The Morgan fingerprint density at radius 2 is 1.81 bits per heavy atom. The molecule has 4 heteroatoms. The van der Waals surface area contributed by atoms with Gasteiger partial charge in [-0.15, -0.1) is 0 Å². The SMILES string of the molecule is CCCCc1cc(=O)oc2c(C)c(OCC(=O)c3ccc(C)cc3)ccc12. The molecule has 140 valence electrons. The van der Waals surface area contributed by atoms with Gasteiger partial charge in [0.2, 0.25) is 0 Å². The highest BCUT2D eigenvalue weighted by atomic mass is 16.5. The summed E-state index contributed by atoms with van der Waals surface area (Å²) in [6.07, 6.45) is 2.91. The molecule has 0 aliphatic carbocycles. The fourth-order valence-electron chi connectivity index (χ4n) is 3.10. The molecule has 0 fully saturated rings. The molecule has 1 aromatic heterocycles. The minimum absolute atomic E-state index is 0.0604. The Kier molecular flexibility index (Phi) is 5.75. The number of unbranched alkanes of at least 4 members (excludes halogenated alkanes) is 1. The van der Waals surface area contributed by atoms with E-state index in [0.717, 1.165) is 41.3 Å². The number of hydrogen-bond acceptors (Lipinski definition) is 4. The molecular weight excluding hydrogens is 340 g/mol. The molecule has 0 spiro atoms. The van der Waals surface area contributed by atoms with E-state index in [2.05, 4.69) is 6.92 Å². The first kappa shape index (κ1) is 18.9. The molecule has 0 radical (unpaired) electrons. The molecule has 3 aromatic rings. The first-order chi connectivity index (χ1) is 13.0. The van der Waals surface area contributed by atoms with Crippen LogP contribution in [0.5, 0.6) is 5.75 Å². The lowest BCUT2D eigenvalue weighted by molar-refractivity contribution is 0.0921. The van der Waals surface area contributed by atoms with Crippen LogP contribution in [-0.2, 0) is 6.42 Å². The first-order valence-corrected chi connectivity index (χ1v) is 9.28. The summed E-state index contributed by atoms with van der Waals surface area (Å²) in [6, 6.07) is 12.7. The van der Waals surface area contributed by atoms with Gasteiger partial charge in [-0.25, -0.2) is 4.79 Å². The molecule has 0 bridgehead atoms. The Morgan fingerprint density at radius 3 is 2.52 bits per heavy atom. The number of carbonyl (C=O) groups excluding carboxylic acids is 1. The molecule has 0 aliphatic rings. The summed E-state index contributed by atoms with van der Waals surface area (Å²) < 4.78 is 11.2. The van der Waals surface area contributed by atoms with Gasteiger partial charge in [-0.2, -0.15) is 0 Å². The predicted octanol–water partition coefficient (Wildman–Crippen LogP) is 5.01. The van der Waals surface area contributed by atoms with Crippen molar-refractivity contribution in [1.29, 1.82) is 0 Å². The minimum atomic E-state index is -0.357. The summed E-state index contributed by atoms with van der Waals surface area (Å²) in [7, 11) is 0. The maximum atomic E-state index is 12.3. The smallest absolute Gasteiger partial charge is 0.336 e. The number of benzene rings is 2. The number of aryl methyl sites for hydroxylation is 3. The van der Waals surface area contributed by atoms with Gasteiger partial charge < -0.3 is 9.15 Å². The van der Waals surface area contributed by atoms with Crippen LogP contribution < -0.4 is 10.4 Å². The number of ether oxygens (including phenoxy) is 1. The van der Waals surface area contributed by atoms with Crippen LogP contribution in [0.2, 0.25) is 0 Å². The number of rotatable bonds is 7. The van der Waals surface area contributed by atoms with Gasteiger partial charge in [0.25, 0.3) is 0 Å². The second-order valence-corrected chi connectivity index (χ2v) is 6.84. The van der Waals surface area contributed by atoms with E-state index in [9.17, 15) is 9.59 Å². The van der Waals surface area contributed by atoms with Crippen LogP contribution >= 0.6 is 0 Å². The lowest BCUT2D eigenvalue weighted by atomic mass is 10.0. The summed E-state index contributed by atoms with van der Waals surface area (Å²) in [6.45, 7) is 5.89. The fourth-order valence-corrected chi connectivity index (χ4v) is 3.10. The number of fused-ring (bicyclic) bond motifs is 1. The number of hydrogen-bond donors (Lipinski definition) is 0. The molecule has 2 aromatic carbocycles. The van der Waals surface area contributed by atoms with Crippen molar-refractivity contribution in [3.63, 3.8) is 0 Å². The van der Waals surface area contributed by atoms with Crippen molar-refractivity contribution in [2.75, 3.05) is 6.61 Å². The average Bonchev–Trinajstić information content (AvgIpc) is 2.66. The third-order valence-corrected chi connectivity index (χ3v) is 4.73. The highest BCUT2D eigenvalue weighted by Gasteiger charge is 2.13. The molecule has 0 N–H and O–H groups in total. The number of Topliss-reactive ketones (excluding diaryl/α,β-unsaturated/α-hetero) is 1. The topological polar surface area (TPSA) is 56.5 Å². The molecule has 0 atom stereocenters. The lowest BCUT2D eigenvalue weighted by Crippen LogP contribution is -2.12. The molecule has 1 heterocycles. The highest BCUT2D eigenvalue weighted by Crippen LogP contribution is 2.29. The molecular formula is C23H24O4. The van der Waals surface area contributed by atoms with E-state index in [0.29, 0.717) is 16.9 Å². The van der Waals surface area contributed by atoms with Crippen LogP contribution in [0.4, 0.5) is 0 Å². The second kappa shape index (κ2) is 8.21. The largest absolute Gasteiger partial charge is 0.485 e. The normalized spacial score (nSPS) is 10.9. The van der Waals surface area contributed by atoms with Gasteiger partial charge in [0.05, 0.1) is 0 Å². The van der Waals surface area contributed by atoms with Crippen molar-refractivity contribution in [3.05, 3.63) is 75.1 Å². The molecule has 0 saturated carbocycles. The van der Waals surface area contributed by atoms with Crippen molar-refractivity contribution in [2.45, 2.75) is 40.0 Å². The summed E-state index contributed by atoms with van der Waals surface area (Å²) >= 11 is 0. The van der Waals surface area contributed by atoms with Gasteiger partial charge in [0, 0.05) is 22.6 Å². The monoisotopic (exact) mass is 364 g/mol. The predicted molar refractivity (Wildman–Crippen MR) is 107 cm³/mol. The third kappa shape index (κ3) is 4.27. The number of ketones is 1. The second-order valence-electron chi connectivity index (χ2n) is 6.84. The first-order valence-electron chi connectivity index (χ1n) is 9.28. The van der Waals surface area contributed by atoms with Crippen molar-refractivity contribution in [2.24, 2.45) is 0 Å². The van der Waals surface area contributed by atoms with Crippen LogP contribution in [-0.4, -0.2) is 12.4 Å². The number of carbonyl (C=O) groups is 1. The van der Waals surface area contributed by atoms with E-state index >= 15 is 0 Å². The van der Waals surface area contributed by atoms with Crippen LogP contribution in [0, 0.1) is 13.8 Å². The zero-order chi connectivity index (χ0) is 19.4. The molecule has 0 unspecified atom stereocenters. The summed E-state index contributed by atoms with van der Waals surface area (Å²) in [4.78, 5) is 24.3. The summed E-state index contributed by atoms with van der Waals surface area (Å²) in [5.74, 6) is 0.464. The maximum absolute atomic E-state index is 12.3. The highest BCUT2D eigenvalue weighted by molar-refractivity contribution is 5.97. The van der Waals surface area contributed by atoms with Gasteiger partial charge >= 0.3 is 5.63 Å². The average molecular weight is 364 g/mol. The molecule has 0 amide bonds. The Hall–Kier alpha value is -2.88. The Bertz CT molecular complexity index is 1010. The van der Waals surface area contributed by atoms with Crippen LogP contribution in [0.15, 0.2) is 51.7 Å². The van der Waals surface area contributed by atoms with E-state index in [1.165, 1.54) is 0 Å². The van der Waals surface area contributed by atoms with Crippen molar-refractivity contribution in [1.82, 2.24) is 0 Å². The van der Waals surface area contributed by atoms with Crippen LogP contribution in [0.3, 0.4) is 0 Å². The van der Waals surface area contributed by atoms with Gasteiger partial charge in [0.15, 0.2) is 12.4 Å². The maximum Gasteiger partial charge on any atom is 0.336 e. The van der Waals surface area contributed by atoms with Crippen LogP contribution in [0.1, 0.15) is 46.8 Å². The van der Waals surface area contributed by atoms with E-state index in [4.69, 9.17) is 9.15 Å². The zero-order valence-electron chi connectivity index (χ0n) is 16.0. The van der Waals surface area contributed by atoms with Crippen molar-refractivity contribution >= 4 is 16.8 Å². The lowest BCUT2D eigenvalue weighted by Gasteiger charge is -2.12. The summed E-state index contributed by atoms with van der Waals surface area (Å²) in [5, 5.41) is 0.928. The van der Waals surface area contributed by atoms with E-state index in [1.807, 2.05) is 38.1 Å². The van der Waals surface area contributed by atoms with Crippen molar-refractivity contribution in [3.8, 4) is 5.75 Å². The van der Waals surface area contributed by atoms with Crippen LogP contribution in [0.25, 0.3) is 11.0 Å². The molecule has 3 rings (SSSR count). The van der Waals surface area contributed by atoms with Crippen molar-refractivity contribution < 1.29 is 13.9 Å². The van der Waals surface area contributed by atoms with Gasteiger partial charge in [-0.05, 0) is 44.4 Å². The minimum Gasteiger partial charge on any atom is -0.485 e. The quantitative estimate of drug-likeness (QED) is 0.437. The molecule has 0 aliphatic heterocycles. The zero-order valence-corrected chi connectivity index (χ0v) is 16.0. The van der Waals surface area contributed by atoms with Gasteiger partial charge in [-0.3, -0.25) is 4.79 Å². The Labute approximate surface area is 158 Å². The van der Waals surface area contributed by atoms with Gasteiger partial charge in [-0.1, -0.05) is 43.2 Å². The Balaban J connectivity index is 1.85. The standard InChI is InChI=1S/C23H24O4/c1-4-5-6-18-13-22(25)27-23-16(3)21(12-11-19(18)23)26-14-20(24)17-9-7-15(2)8-10-17/h7-13H,4-6,14H2,1-3H3. The third-order valence-electron chi connectivity index (χ3n) is 4.73.